The number of anilines is 2. The van der Waals surface area contributed by atoms with E-state index >= 15 is 0 Å². The summed E-state index contributed by atoms with van der Waals surface area (Å²) < 4.78 is 0. The third-order valence-electron chi connectivity index (χ3n) is 2.98. The minimum atomic E-state index is 0.613. The summed E-state index contributed by atoms with van der Waals surface area (Å²) in [7, 11) is 0. The van der Waals surface area contributed by atoms with Crippen molar-refractivity contribution in [3.05, 3.63) is 11.4 Å². The first kappa shape index (κ1) is 13.7. The third-order valence-corrected chi connectivity index (χ3v) is 2.98. The molecule has 0 radical (unpaired) electrons. The summed E-state index contributed by atoms with van der Waals surface area (Å²) in [6.45, 7) is 10.4. The summed E-state index contributed by atoms with van der Waals surface area (Å²) in [5.41, 5.74) is 6.94. The molecule has 1 heterocycles. The molecule has 0 fully saturated rings. The maximum absolute atomic E-state index is 5.94. The fourth-order valence-corrected chi connectivity index (χ4v) is 1.80. The minimum absolute atomic E-state index is 0.613. The molecule has 0 spiro atoms. The van der Waals surface area contributed by atoms with Crippen LogP contribution in [-0.2, 0) is 6.42 Å². The van der Waals surface area contributed by atoms with Crippen LogP contribution in [0.5, 0.6) is 0 Å². The number of hydrogen-bond donors (Lipinski definition) is 1. The van der Waals surface area contributed by atoms with Crippen LogP contribution < -0.4 is 10.6 Å². The van der Waals surface area contributed by atoms with Gasteiger partial charge >= 0.3 is 0 Å². The number of nitrogen functional groups attached to an aromatic ring is 1. The Morgan fingerprint density at radius 3 is 2.41 bits per heavy atom. The van der Waals surface area contributed by atoms with Gasteiger partial charge < -0.3 is 10.6 Å². The monoisotopic (exact) mass is 236 g/mol. The van der Waals surface area contributed by atoms with Gasteiger partial charge in [0.15, 0.2) is 0 Å². The van der Waals surface area contributed by atoms with Crippen molar-refractivity contribution in [3.8, 4) is 0 Å². The molecule has 0 amide bonds. The van der Waals surface area contributed by atoms with Gasteiger partial charge in [-0.15, -0.1) is 0 Å². The highest BCUT2D eigenvalue weighted by atomic mass is 15.2. The molecular weight excluding hydrogens is 212 g/mol. The molecular formula is C13H24N4. The lowest BCUT2D eigenvalue weighted by molar-refractivity contribution is 0.717. The van der Waals surface area contributed by atoms with Crippen LogP contribution in [0.15, 0.2) is 0 Å². The fourth-order valence-electron chi connectivity index (χ4n) is 1.80. The zero-order chi connectivity index (χ0) is 12.8. The number of nitrogens with zero attached hydrogens (tertiary/aromatic N) is 3. The largest absolute Gasteiger partial charge is 0.383 e. The normalized spacial score (nSPS) is 10.6. The first-order chi connectivity index (χ1) is 8.13. The van der Waals surface area contributed by atoms with Crippen molar-refractivity contribution in [2.45, 2.75) is 47.0 Å². The fraction of sp³-hybridized carbons (Fsp3) is 0.692. The maximum Gasteiger partial charge on any atom is 0.137 e. The number of aryl methyl sites for hydroxylation is 1. The molecule has 17 heavy (non-hydrogen) atoms. The van der Waals surface area contributed by atoms with Crippen molar-refractivity contribution >= 4 is 11.6 Å². The Morgan fingerprint density at radius 2 is 1.88 bits per heavy atom. The molecule has 0 unspecified atom stereocenters. The van der Waals surface area contributed by atoms with Crippen molar-refractivity contribution in [2.75, 3.05) is 23.7 Å². The Morgan fingerprint density at radius 1 is 1.18 bits per heavy atom. The Kier molecular flexibility index (Phi) is 5.19. The van der Waals surface area contributed by atoms with Gasteiger partial charge in [0.05, 0.1) is 0 Å². The van der Waals surface area contributed by atoms with Crippen LogP contribution in [0.4, 0.5) is 11.6 Å². The van der Waals surface area contributed by atoms with Crippen LogP contribution in [0, 0.1) is 6.92 Å². The van der Waals surface area contributed by atoms with Crippen molar-refractivity contribution in [3.63, 3.8) is 0 Å². The maximum atomic E-state index is 5.94. The molecule has 96 valence electrons. The molecule has 1 aromatic rings. The topological polar surface area (TPSA) is 55.0 Å². The highest BCUT2D eigenvalue weighted by Gasteiger charge is 2.13. The zero-order valence-electron chi connectivity index (χ0n) is 11.5. The molecule has 0 saturated carbocycles. The van der Waals surface area contributed by atoms with Gasteiger partial charge in [0.2, 0.25) is 0 Å². The van der Waals surface area contributed by atoms with Gasteiger partial charge in [-0.3, -0.25) is 0 Å². The summed E-state index contributed by atoms with van der Waals surface area (Å²) in [6.07, 6.45) is 3.19. The Bertz CT molecular complexity index is 363. The molecule has 0 saturated heterocycles. The first-order valence-corrected chi connectivity index (χ1v) is 6.51. The second-order valence-corrected chi connectivity index (χ2v) is 4.26. The molecule has 0 aromatic carbocycles. The summed E-state index contributed by atoms with van der Waals surface area (Å²) in [5.74, 6) is 2.45. The quantitative estimate of drug-likeness (QED) is 0.824. The molecule has 0 bridgehead atoms. The predicted octanol–water partition coefficient (Wildman–Crippen LogP) is 2.56. The van der Waals surface area contributed by atoms with Crippen molar-refractivity contribution in [2.24, 2.45) is 0 Å². The number of rotatable bonds is 6. The van der Waals surface area contributed by atoms with Gasteiger partial charge in [0, 0.05) is 25.1 Å². The van der Waals surface area contributed by atoms with Gasteiger partial charge in [0.1, 0.15) is 17.5 Å². The van der Waals surface area contributed by atoms with Crippen LogP contribution in [0.25, 0.3) is 0 Å². The molecule has 0 aliphatic rings. The van der Waals surface area contributed by atoms with E-state index in [0.717, 1.165) is 36.7 Å². The van der Waals surface area contributed by atoms with E-state index in [-0.39, 0.29) is 0 Å². The minimum Gasteiger partial charge on any atom is -0.383 e. The van der Waals surface area contributed by atoms with E-state index in [9.17, 15) is 0 Å². The van der Waals surface area contributed by atoms with E-state index < -0.39 is 0 Å². The second-order valence-electron chi connectivity index (χ2n) is 4.26. The van der Waals surface area contributed by atoms with Crippen LogP contribution in [0.3, 0.4) is 0 Å². The summed E-state index contributed by atoms with van der Waals surface area (Å²) in [6, 6.07) is 0. The van der Waals surface area contributed by atoms with Crippen molar-refractivity contribution < 1.29 is 0 Å². The van der Waals surface area contributed by atoms with E-state index in [0.29, 0.717) is 5.82 Å². The van der Waals surface area contributed by atoms with E-state index in [2.05, 4.69) is 35.6 Å². The first-order valence-electron chi connectivity index (χ1n) is 6.51. The summed E-state index contributed by atoms with van der Waals surface area (Å²) in [4.78, 5) is 11.2. The lowest BCUT2D eigenvalue weighted by atomic mass is 10.2. The van der Waals surface area contributed by atoms with Crippen LogP contribution in [0.2, 0.25) is 0 Å². The highest BCUT2D eigenvalue weighted by Crippen LogP contribution is 2.22. The lowest BCUT2D eigenvalue weighted by Gasteiger charge is -2.24. The number of hydrogen-bond acceptors (Lipinski definition) is 4. The predicted molar refractivity (Wildman–Crippen MR) is 73.4 cm³/mol. The van der Waals surface area contributed by atoms with Crippen molar-refractivity contribution in [1.82, 2.24) is 9.97 Å². The van der Waals surface area contributed by atoms with E-state index in [4.69, 9.17) is 5.73 Å². The molecule has 0 atom stereocenters. The SMILES string of the molecule is CCCCN(CC)c1nc(CC)nc(N)c1C. The molecule has 0 aliphatic heterocycles. The Labute approximate surface area is 104 Å². The Hall–Kier alpha value is -1.32. The Balaban J connectivity index is 3.04. The standard InChI is InChI=1S/C13H24N4/c1-5-8-9-17(7-3)13-10(4)12(14)15-11(6-2)16-13/h5-9H2,1-4H3,(H2,14,15,16). The van der Waals surface area contributed by atoms with Gasteiger partial charge in [-0.25, -0.2) is 9.97 Å². The third kappa shape index (κ3) is 3.32. The van der Waals surface area contributed by atoms with Gasteiger partial charge in [-0.2, -0.15) is 0 Å². The summed E-state index contributed by atoms with van der Waals surface area (Å²) >= 11 is 0. The van der Waals surface area contributed by atoms with Gasteiger partial charge in [0.25, 0.3) is 0 Å². The van der Waals surface area contributed by atoms with Gasteiger partial charge in [-0.1, -0.05) is 20.3 Å². The molecule has 0 aliphatic carbocycles. The molecule has 4 heteroatoms. The average molecular weight is 236 g/mol. The van der Waals surface area contributed by atoms with Crippen LogP contribution in [-0.4, -0.2) is 23.1 Å². The van der Waals surface area contributed by atoms with E-state index in [1.807, 2.05) is 6.92 Å². The zero-order valence-corrected chi connectivity index (χ0v) is 11.5. The molecule has 1 aromatic heterocycles. The molecule has 1 rings (SSSR count). The van der Waals surface area contributed by atoms with Crippen LogP contribution in [0.1, 0.15) is 45.0 Å². The summed E-state index contributed by atoms with van der Waals surface area (Å²) in [5, 5.41) is 0. The highest BCUT2D eigenvalue weighted by molar-refractivity contribution is 5.56. The lowest BCUT2D eigenvalue weighted by Crippen LogP contribution is -2.26. The number of unbranched alkanes of at least 4 members (excludes halogenated alkanes) is 1. The van der Waals surface area contributed by atoms with Gasteiger partial charge in [-0.05, 0) is 20.3 Å². The second kappa shape index (κ2) is 6.42. The smallest absolute Gasteiger partial charge is 0.137 e. The number of nitrogens with two attached hydrogens (primary N) is 1. The average Bonchev–Trinajstić information content (AvgIpc) is 2.34. The van der Waals surface area contributed by atoms with E-state index in [1.165, 1.54) is 12.8 Å². The van der Waals surface area contributed by atoms with Crippen LogP contribution >= 0.6 is 0 Å². The molecule has 4 nitrogen and oxygen atoms in total. The van der Waals surface area contributed by atoms with E-state index in [1.54, 1.807) is 0 Å². The number of aromatic nitrogens is 2. The van der Waals surface area contributed by atoms with Crippen molar-refractivity contribution in [1.29, 1.82) is 0 Å². The molecule has 2 N–H and O–H groups in total.